The van der Waals surface area contributed by atoms with Crippen LogP contribution in [0, 0.1) is 6.92 Å². The average molecular weight is 474 g/mol. The zero-order valence-corrected chi connectivity index (χ0v) is 19.5. The van der Waals surface area contributed by atoms with Crippen LogP contribution in [0.2, 0.25) is 0 Å². The monoisotopic (exact) mass is 473 g/mol. The molecule has 3 heterocycles. The molecule has 4 rings (SSSR count). The molecule has 0 saturated carbocycles. The zero-order chi connectivity index (χ0) is 24.5. The van der Waals surface area contributed by atoms with Gasteiger partial charge in [0.05, 0.1) is 18.8 Å². The molecule has 1 aromatic carbocycles. The molecule has 0 aliphatic heterocycles. The summed E-state index contributed by atoms with van der Waals surface area (Å²) in [6.07, 6.45) is 6.91. The fraction of sp³-hybridized carbons (Fsp3) is 0.292. The van der Waals surface area contributed by atoms with Gasteiger partial charge in [-0.3, -0.25) is 23.9 Å². The lowest BCUT2D eigenvalue weighted by Gasteiger charge is -2.03. The minimum atomic E-state index is -0.254. The molecule has 0 bridgehead atoms. The van der Waals surface area contributed by atoms with Crippen molar-refractivity contribution in [3.63, 3.8) is 0 Å². The van der Waals surface area contributed by atoms with Crippen LogP contribution in [0.5, 0.6) is 0 Å². The summed E-state index contributed by atoms with van der Waals surface area (Å²) in [6, 6.07) is 13.5. The SMILES string of the molecule is Cc1ccc(CC(=O)Nc2cn(CCCCn3cc(C(=O)NCc4ccccc4)nn3)nn2)cn1. The van der Waals surface area contributed by atoms with Gasteiger partial charge in [0.25, 0.3) is 5.91 Å². The van der Waals surface area contributed by atoms with Gasteiger partial charge in [-0.05, 0) is 37.0 Å². The molecule has 0 saturated heterocycles. The summed E-state index contributed by atoms with van der Waals surface area (Å²) in [5.74, 6) is -0.00839. The van der Waals surface area contributed by atoms with Crippen LogP contribution in [0.3, 0.4) is 0 Å². The Hall–Kier alpha value is -4.41. The minimum Gasteiger partial charge on any atom is -0.347 e. The third-order valence-electron chi connectivity index (χ3n) is 5.24. The van der Waals surface area contributed by atoms with E-state index in [1.54, 1.807) is 28.0 Å². The van der Waals surface area contributed by atoms with Crippen LogP contribution in [-0.2, 0) is 30.8 Å². The van der Waals surface area contributed by atoms with Crippen LogP contribution in [-0.4, -0.2) is 46.8 Å². The quantitative estimate of drug-likeness (QED) is 0.319. The van der Waals surface area contributed by atoms with E-state index in [1.165, 1.54) is 0 Å². The maximum absolute atomic E-state index is 12.3. The van der Waals surface area contributed by atoms with Crippen molar-refractivity contribution >= 4 is 17.6 Å². The van der Waals surface area contributed by atoms with Crippen molar-refractivity contribution in [3.05, 3.63) is 83.6 Å². The second-order valence-corrected chi connectivity index (χ2v) is 8.14. The molecular formula is C24H27N9O2. The maximum Gasteiger partial charge on any atom is 0.273 e. The second-order valence-electron chi connectivity index (χ2n) is 8.14. The van der Waals surface area contributed by atoms with E-state index in [-0.39, 0.29) is 18.2 Å². The fourth-order valence-electron chi connectivity index (χ4n) is 3.37. The predicted octanol–water partition coefficient (Wildman–Crippen LogP) is 2.16. The van der Waals surface area contributed by atoms with E-state index in [4.69, 9.17) is 0 Å². The number of benzene rings is 1. The van der Waals surface area contributed by atoms with Gasteiger partial charge in [0.1, 0.15) is 0 Å². The second kappa shape index (κ2) is 11.6. The van der Waals surface area contributed by atoms with E-state index in [0.717, 1.165) is 29.7 Å². The number of aryl methyl sites for hydroxylation is 3. The Balaban J connectivity index is 1.15. The third-order valence-corrected chi connectivity index (χ3v) is 5.24. The summed E-state index contributed by atoms with van der Waals surface area (Å²) < 4.78 is 3.34. The summed E-state index contributed by atoms with van der Waals surface area (Å²) in [4.78, 5) is 28.7. The van der Waals surface area contributed by atoms with Crippen LogP contribution in [0.25, 0.3) is 0 Å². The van der Waals surface area contributed by atoms with E-state index in [1.807, 2.05) is 49.4 Å². The van der Waals surface area contributed by atoms with Crippen LogP contribution < -0.4 is 10.6 Å². The first kappa shape index (κ1) is 23.7. The van der Waals surface area contributed by atoms with Gasteiger partial charge in [0, 0.05) is 31.5 Å². The van der Waals surface area contributed by atoms with Crippen molar-refractivity contribution in [2.75, 3.05) is 5.32 Å². The van der Waals surface area contributed by atoms with Gasteiger partial charge in [-0.1, -0.05) is 46.8 Å². The van der Waals surface area contributed by atoms with Crippen molar-refractivity contribution in [1.29, 1.82) is 0 Å². The van der Waals surface area contributed by atoms with Gasteiger partial charge in [0.15, 0.2) is 11.5 Å². The zero-order valence-electron chi connectivity index (χ0n) is 19.5. The van der Waals surface area contributed by atoms with E-state index >= 15 is 0 Å². The van der Waals surface area contributed by atoms with Gasteiger partial charge >= 0.3 is 0 Å². The number of carbonyl (C=O) groups is 2. The Labute approximate surface area is 202 Å². The first-order valence-corrected chi connectivity index (χ1v) is 11.4. The highest BCUT2D eigenvalue weighted by Gasteiger charge is 2.11. The summed E-state index contributed by atoms with van der Waals surface area (Å²) in [5.41, 5.74) is 3.06. The lowest BCUT2D eigenvalue weighted by Crippen LogP contribution is -2.23. The molecule has 0 spiro atoms. The number of nitrogens with one attached hydrogen (secondary N) is 2. The summed E-state index contributed by atoms with van der Waals surface area (Å²) in [7, 11) is 0. The van der Waals surface area contributed by atoms with E-state index in [0.29, 0.717) is 31.1 Å². The Morgan fingerprint density at radius 2 is 1.63 bits per heavy atom. The van der Waals surface area contributed by atoms with Crippen molar-refractivity contribution in [1.82, 2.24) is 40.3 Å². The number of anilines is 1. The van der Waals surface area contributed by atoms with Crippen molar-refractivity contribution < 1.29 is 9.59 Å². The van der Waals surface area contributed by atoms with Crippen LogP contribution in [0.1, 0.15) is 40.2 Å². The van der Waals surface area contributed by atoms with E-state index in [2.05, 4.69) is 36.2 Å². The first-order chi connectivity index (χ1) is 17.0. The van der Waals surface area contributed by atoms with Crippen molar-refractivity contribution in [2.45, 2.75) is 45.8 Å². The Kier molecular flexibility index (Phi) is 7.89. The standard InChI is InChI=1S/C24H27N9O2/c1-18-9-10-20(15-25-18)13-23(34)27-22-17-33(31-29-22)12-6-5-11-32-16-21(28-30-32)24(35)26-14-19-7-3-2-4-8-19/h2-4,7-10,15-17H,5-6,11-14H2,1H3,(H,26,35)(H,27,34). The molecule has 0 atom stereocenters. The molecule has 0 fully saturated rings. The number of hydrogen-bond donors (Lipinski definition) is 2. The highest BCUT2D eigenvalue weighted by molar-refractivity contribution is 5.92. The van der Waals surface area contributed by atoms with Crippen LogP contribution in [0.15, 0.2) is 61.1 Å². The van der Waals surface area contributed by atoms with Gasteiger partial charge in [-0.25, -0.2) is 0 Å². The molecular weight excluding hydrogens is 446 g/mol. The molecule has 0 aliphatic carbocycles. The molecule has 2 N–H and O–H groups in total. The van der Waals surface area contributed by atoms with E-state index < -0.39 is 0 Å². The van der Waals surface area contributed by atoms with Gasteiger partial charge in [-0.15, -0.1) is 10.2 Å². The Morgan fingerprint density at radius 3 is 2.37 bits per heavy atom. The van der Waals surface area contributed by atoms with Crippen molar-refractivity contribution in [2.24, 2.45) is 0 Å². The van der Waals surface area contributed by atoms with Crippen LogP contribution >= 0.6 is 0 Å². The lowest BCUT2D eigenvalue weighted by molar-refractivity contribution is -0.115. The first-order valence-electron chi connectivity index (χ1n) is 11.4. The topological polar surface area (TPSA) is 133 Å². The number of pyridine rings is 1. The highest BCUT2D eigenvalue weighted by atomic mass is 16.2. The van der Waals surface area contributed by atoms with E-state index in [9.17, 15) is 9.59 Å². The third kappa shape index (κ3) is 7.29. The smallest absolute Gasteiger partial charge is 0.273 e. The molecule has 0 unspecified atom stereocenters. The van der Waals surface area contributed by atoms with Crippen LogP contribution in [0.4, 0.5) is 5.82 Å². The Bertz CT molecular complexity index is 1250. The molecule has 0 aliphatic rings. The number of nitrogens with zero attached hydrogens (tertiary/aromatic N) is 7. The molecule has 180 valence electrons. The predicted molar refractivity (Wildman–Crippen MR) is 128 cm³/mol. The number of rotatable bonds is 11. The normalized spacial score (nSPS) is 10.8. The van der Waals surface area contributed by atoms with Crippen molar-refractivity contribution in [3.8, 4) is 0 Å². The highest BCUT2D eigenvalue weighted by Crippen LogP contribution is 2.06. The summed E-state index contributed by atoms with van der Waals surface area (Å²) in [6.45, 7) is 3.61. The van der Waals surface area contributed by atoms with Gasteiger partial charge in [-0.2, -0.15) is 0 Å². The Morgan fingerprint density at radius 1 is 0.886 bits per heavy atom. The lowest BCUT2D eigenvalue weighted by atomic mass is 10.2. The molecule has 11 nitrogen and oxygen atoms in total. The number of hydrogen-bond acceptors (Lipinski definition) is 7. The minimum absolute atomic E-state index is 0.169. The summed E-state index contributed by atoms with van der Waals surface area (Å²) in [5, 5.41) is 21.6. The maximum atomic E-state index is 12.3. The number of aromatic nitrogens is 7. The number of carbonyl (C=O) groups excluding carboxylic acids is 2. The average Bonchev–Trinajstić information content (AvgIpc) is 3.52. The molecule has 0 radical (unpaired) electrons. The molecule has 35 heavy (non-hydrogen) atoms. The fourth-order valence-corrected chi connectivity index (χ4v) is 3.37. The van der Waals surface area contributed by atoms with Gasteiger partial charge < -0.3 is 10.6 Å². The van der Waals surface area contributed by atoms with Gasteiger partial charge in [0.2, 0.25) is 5.91 Å². The number of amides is 2. The number of unbranched alkanes of at least 4 members (excludes halogenated alkanes) is 1. The summed E-state index contributed by atoms with van der Waals surface area (Å²) >= 11 is 0. The molecule has 2 amide bonds. The molecule has 4 aromatic rings. The molecule has 11 heteroatoms. The molecule has 3 aromatic heterocycles. The largest absolute Gasteiger partial charge is 0.347 e.